The van der Waals surface area contributed by atoms with E-state index in [0.29, 0.717) is 12.1 Å². The zero-order chi connectivity index (χ0) is 12.0. The van der Waals surface area contributed by atoms with Crippen LogP contribution in [0.15, 0.2) is 12.4 Å². The molecule has 0 fully saturated rings. The van der Waals surface area contributed by atoms with Crippen LogP contribution in [-0.2, 0) is 6.54 Å². The second kappa shape index (κ2) is 6.97. The van der Waals surface area contributed by atoms with Gasteiger partial charge in [-0.2, -0.15) is 16.9 Å². The first-order valence-corrected chi connectivity index (χ1v) is 7.34. The van der Waals surface area contributed by atoms with Crippen LogP contribution in [0.3, 0.4) is 0 Å². The summed E-state index contributed by atoms with van der Waals surface area (Å²) in [4.78, 5) is 0. The van der Waals surface area contributed by atoms with Crippen molar-refractivity contribution in [1.82, 2.24) is 15.1 Å². The van der Waals surface area contributed by atoms with Crippen molar-refractivity contribution in [2.24, 2.45) is 0 Å². The molecule has 0 radical (unpaired) electrons. The zero-order valence-electron chi connectivity index (χ0n) is 10.7. The predicted octanol–water partition coefficient (Wildman–Crippen LogP) is 2.70. The molecular formula is C12H23N3S. The molecule has 1 aromatic rings. The lowest BCUT2D eigenvalue weighted by molar-refractivity contribution is 0.471. The summed E-state index contributed by atoms with van der Waals surface area (Å²) < 4.78 is 1.97. The predicted molar refractivity (Wildman–Crippen MR) is 71.9 cm³/mol. The van der Waals surface area contributed by atoms with Crippen molar-refractivity contribution in [2.75, 3.05) is 12.0 Å². The molecule has 0 amide bonds. The molecule has 0 aliphatic heterocycles. The van der Waals surface area contributed by atoms with Gasteiger partial charge in [0.25, 0.3) is 0 Å². The Morgan fingerprint density at radius 2 is 2.25 bits per heavy atom. The standard InChI is InChI=1S/C12H23N3S/c1-5-15-9-12(8-13-15)11(3)14-10(2)6-7-16-4/h8-11,14H,5-7H2,1-4H3. The van der Waals surface area contributed by atoms with Gasteiger partial charge in [0.05, 0.1) is 6.20 Å². The van der Waals surface area contributed by atoms with E-state index in [1.807, 2.05) is 22.6 Å². The SMILES string of the molecule is CCn1cc(C(C)NC(C)CCSC)cn1. The maximum atomic E-state index is 4.30. The van der Waals surface area contributed by atoms with Gasteiger partial charge in [0.2, 0.25) is 0 Å². The molecule has 4 heteroatoms. The van der Waals surface area contributed by atoms with Gasteiger partial charge < -0.3 is 5.32 Å². The van der Waals surface area contributed by atoms with E-state index in [4.69, 9.17) is 0 Å². The van der Waals surface area contributed by atoms with Gasteiger partial charge in [-0.1, -0.05) is 0 Å². The highest BCUT2D eigenvalue weighted by Crippen LogP contribution is 2.13. The second-order valence-corrected chi connectivity index (χ2v) is 5.19. The van der Waals surface area contributed by atoms with Crippen molar-refractivity contribution < 1.29 is 0 Å². The van der Waals surface area contributed by atoms with Gasteiger partial charge in [-0.25, -0.2) is 0 Å². The fourth-order valence-corrected chi connectivity index (χ4v) is 2.27. The molecule has 0 bridgehead atoms. The first-order chi connectivity index (χ1) is 7.67. The van der Waals surface area contributed by atoms with Crippen molar-refractivity contribution in [3.63, 3.8) is 0 Å². The molecule has 0 saturated carbocycles. The molecule has 0 aromatic carbocycles. The molecule has 0 aliphatic rings. The number of hydrogen-bond acceptors (Lipinski definition) is 3. The van der Waals surface area contributed by atoms with Crippen LogP contribution in [-0.4, -0.2) is 27.8 Å². The normalized spacial score (nSPS) is 15.0. The van der Waals surface area contributed by atoms with Crippen LogP contribution in [0.1, 0.15) is 38.8 Å². The fraction of sp³-hybridized carbons (Fsp3) is 0.750. The van der Waals surface area contributed by atoms with Crippen molar-refractivity contribution in [2.45, 2.75) is 45.8 Å². The van der Waals surface area contributed by atoms with E-state index in [1.165, 1.54) is 17.7 Å². The maximum Gasteiger partial charge on any atom is 0.0537 e. The third-order valence-corrected chi connectivity index (χ3v) is 3.41. The summed E-state index contributed by atoms with van der Waals surface area (Å²) >= 11 is 1.90. The van der Waals surface area contributed by atoms with E-state index in [-0.39, 0.29) is 0 Å². The minimum absolute atomic E-state index is 0.386. The number of rotatable bonds is 7. The van der Waals surface area contributed by atoms with E-state index in [0.717, 1.165) is 6.54 Å². The lowest BCUT2D eigenvalue weighted by Gasteiger charge is -2.18. The Bertz CT molecular complexity index is 298. The molecule has 1 aromatic heterocycles. The number of aromatic nitrogens is 2. The maximum absolute atomic E-state index is 4.30. The zero-order valence-corrected chi connectivity index (χ0v) is 11.5. The largest absolute Gasteiger partial charge is 0.308 e. The van der Waals surface area contributed by atoms with E-state index in [9.17, 15) is 0 Å². The minimum atomic E-state index is 0.386. The molecule has 0 aliphatic carbocycles. The summed E-state index contributed by atoms with van der Waals surface area (Å²) in [5.74, 6) is 1.22. The lowest BCUT2D eigenvalue weighted by Crippen LogP contribution is -2.29. The van der Waals surface area contributed by atoms with Crippen LogP contribution in [0.2, 0.25) is 0 Å². The molecule has 1 rings (SSSR count). The van der Waals surface area contributed by atoms with Crippen LogP contribution in [0.4, 0.5) is 0 Å². The van der Waals surface area contributed by atoms with E-state index < -0.39 is 0 Å². The van der Waals surface area contributed by atoms with Crippen molar-refractivity contribution in [3.05, 3.63) is 18.0 Å². The monoisotopic (exact) mass is 241 g/mol. The Morgan fingerprint density at radius 1 is 1.50 bits per heavy atom. The van der Waals surface area contributed by atoms with Crippen molar-refractivity contribution >= 4 is 11.8 Å². The Labute approximate surface area is 103 Å². The highest BCUT2D eigenvalue weighted by molar-refractivity contribution is 7.98. The molecule has 16 heavy (non-hydrogen) atoms. The summed E-state index contributed by atoms with van der Waals surface area (Å²) in [7, 11) is 0. The molecule has 1 heterocycles. The van der Waals surface area contributed by atoms with Crippen LogP contribution in [0.25, 0.3) is 0 Å². The van der Waals surface area contributed by atoms with Gasteiger partial charge in [-0.15, -0.1) is 0 Å². The van der Waals surface area contributed by atoms with Crippen LogP contribution in [0, 0.1) is 0 Å². The first-order valence-electron chi connectivity index (χ1n) is 5.94. The van der Waals surface area contributed by atoms with Crippen LogP contribution in [0.5, 0.6) is 0 Å². The molecular weight excluding hydrogens is 218 g/mol. The summed E-state index contributed by atoms with van der Waals surface area (Å²) in [5.41, 5.74) is 1.28. The second-order valence-electron chi connectivity index (χ2n) is 4.20. The number of thioether (sulfide) groups is 1. The summed E-state index contributed by atoms with van der Waals surface area (Å²) in [5, 5.41) is 7.90. The Kier molecular flexibility index (Phi) is 5.91. The van der Waals surface area contributed by atoms with E-state index in [2.05, 4.69) is 43.6 Å². The van der Waals surface area contributed by atoms with E-state index in [1.54, 1.807) is 0 Å². The summed E-state index contributed by atoms with van der Waals surface area (Å²) in [6.07, 6.45) is 7.45. The van der Waals surface area contributed by atoms with Gasteiger partial charge in [0.15, 0.2) is 0 Å². The highest BCUT2D eigenvalue weighted by Gasteiger charge is 2.10. The van der Waals surface area contributed by atoms with Gasteiger partial charge in [0, 0.05) is 30.4 Å². The number of nitrogens with zero attached hydrogens (tertiary/aromatic N) is 2. The third kappa shape index (κ3) is 4.18. The molecule has 3 nitrogen and oxygen atoms in total. The van der Waals surface area contributed by atoms with Crippen LogP contribution >= 0.6 is 11.8 Å². The molecule has 2 unspecified atom stereocenters. The topological polar surface area (TPSA) is 29.9 Å². The summed E-state index contributed by atoms with van der Waals surface area (Å²) in [6.45, 7) is 7.49. The Hall–Kier alpha value is -0.480. The Balaban J connectivity index is 2.41. The number of nitrogens with one attached hydrogen (secondary N) is 1. The van der Waals surface area contributed by atoms with Gasteiger partial charge in [-0.05, 0) is 39.2 Å². The number of hydrogen-bond donors (Lipinski definition) is 1. The Morgan fingerprint density at radius 3 is 2.81 bits per heavy atom. The van der Waals surface area contributed by atoms with Crippen LogP contribution < -0.4 is 5.32 Å². The fourth-order valence-electron chi connectivity index (χ4n) is 1.68. The molecule has 92 valence electrons. The highest BCUT2D eigenvalue weighted by atomic mass is 32.2. The van der Waals surface area contributed by atoms with Crippen molar-refractivity contribution in [1.29, 1.82) is 0 Å². The summed E-state index contributed by atoms with van der Waals surface area (Å²) in [6, 6.07) is 0.949. The average Bonchev–Trinajstić information content (AvgIpc) is 2.74. The third-order valence-electron chi connectivity index (χ3n) is 2.77. The average molecular weight is 241 g/mol. The first kappa shape index (κ1) is 13.6. The molecule has 0 spiro atoms. The lowest BCUT2D eigenvalue weighted by atomic mass is 10.1. The molecule has 1 N–H and O–H groups in total. The number of aryl methyl sites for hydroxylation is 1. The minimum Gasteiger partial charge on any atom is -0.308 e. The van der Waals surface area contributed by atoms with E-state index >= 15 is 0 Å². The quantitative estimate of drug-likeness (QED) is 0.796. The van der Waals surface area contributed by atoms with Crippen molar-refractivity contribution in [3.8, 4) is 0 Å². The van der Waals surface area contributed by atoms with Gasteiger partial charge in [0.1, 0.15) is 0 Å². The molecule has 2 atom stereocenters. The molecule has 0 saturated heterocycles. The smallest absolute Gasteiger partial charge is 0.0537 e. The van der Waals surface area contributed by atoms with Gasteiger partial charge >= 0.3 is 0 Å². The van der Waals surface area contributed by atoms with Gasteiger partial charge in [-0.3, -0.25) is 4.68 Å².